The van der Waals surface area contributed by atoms with Crippen LogP contribution in [-0.4, -0.2) is 0 Å². The molecule has 0 atom stereocenters. The summed E-state index contributed by atoms with van der Waals surface area (Å²) < 4.78 is 0. The Bertz CT molecular complexity index is 363. The van der Waals surface area contributed by atoms with Gasteiger partial charge in [0.05, 0.1) is 0 Å². The Morgan fingerprint density at radius 1 is 0.917 bits per heavy atom. The third-order valence-electron chi connectivity index (χ3n) is 2.51. The van der Waals surface area contributed by atoms with Crippen molar-refractivity contribution in [3.8, 4) is 0 Å². The van der Waals surface area contributed by atoms with Crippen LogP contribution in [0.2, 0.25) is 0 Å². The third kappa shape index (κ3) is 29.4. The molecule has 0 aliphatic heterocycles. The summed E-state index contributed by atoms with van der Waals surface area (Å²) in [4.78, 5) is 0. The molecule has 0 unspecified atom stereocenters. The molecule has 2 aromatic carbocycles. The van der Waals surface area contributed by atoms with Gasteiger partial charge in [0.25, 0.3) is 0 Å². The van der Waals surface area contributed by atoms with Gasteiger partial charge in [-0.25, -0.2) is 0 Å². The Morgan fingerprint density at radius 2 is 1.38 bits per heavy atom. The van der Waals surface area contributed by atoms with E-state index >= 15 is 0 Å². The summed E-state index contributed by atoms with van der Waals surface area (Å²) in [5, 5.41) is 0. The summed E-state index contributed by atoms with van der Waals surface area (Å²) in [7, 11) is 0. The Hall–Kier alpha value is -0.586. The van der Waals surface area contributed by atoms with E-state index in [-0.39, 0.29) is 32.7 Å². The quantitative estimate of drug-likeness (QED) is 0.427. The standard InChI is InChI=1S/C8H9.C6H5.C5H12.2C2H6.Y/c1-7-4-3-5-8(2)6-7;1-2-4-6-5-3-1;1-4-5(2)3;2*1-2;/h3-6H,1H2,2H3;1-5H;5H,4H2,1-3H3;2*1-2H3;/q2*-1;;;;. The van der Waals surface area contributed by atoms with Crippen LogP contribution in [0.5, 0.6) is 0 Å². The molecule has 0 aromatic heterocycles. The molecule has 0 N–H and O–H groups in total. The number of hydrogen-bond donors (Lipinski definition) is 0. The van der Waals surface area contributed by atoms with Crippen LogP contribution < -0.4 is 0 Å². The first-order valence-corrected chi connectivity index (χ1v) is 8.86. The van der Waals surface area contributed by atoms with Gasteiger partial charge in [0.15, 0.2) is 0 Å². The average Bonchev–Trinajstić information content (AvgIpc) is 2.61. The zero-order valence-corrected chi connectivity index (χ0v) is 20.1. The Labute approximate surface area is 178 Å². The van der Waals surface area contributed by atoms with E-state index in [2.05, 4.69) is 52.8 Å². The van der Waals surface area contributed by atoms with Crippen molar-refractivity contribution in [1.29, 1.82) is 0 Å². The smallest absolute Gasteiger partial charge is 0 e. The molecule has 2 aromatic rings. The fraction of sp³-hybridized carbons (Fsp3) is 0.435. The van der Waals surface area contributed by atoms with Crippen LogP contribution in [0.15, 0.2) is 54.6 Å². The maximum Gasteiger partial charge on any atom is 0 e. The summed E-state index contributed by atoms with van der Waals surface area (Å²) in [5.41, 5.74) is 2.36. The van der Waals surface area contributed by atoms with E-state index in [1.807, 2.05) is 70.2 Å². The minimum atomic E-state index is 0. The minimum Gasteiger partial charge on any atom is -0.199 e. The van der Waals surface area contributed by atoms with E-state index in [0.29, 0.717) is 0 Å². The summed E-state index contributed by atoms with van der Waals surface area (Å²) in [6.07, 6.45) is 1.31. The summed E-state index contributed by atoms with van der Waals surface area (Å²) in [5.74, 6) is 0.884. The first-order valence-electron chi connectivity index (χ1n) is 8.86. The Balaban J connectivity index is -0.000000113. The number of benzene rings is 2. The van der Waals surface area contributed by atoms with Gasteiger partial charge < -0.3 is 0 Å². The van der Waals surface area contributed by atoms with E-state index in [4.69, 9.17) is 0 Å². The first-order chi connectivity index (χ1) is 11.1. The molecule has 0 amide bonds. The van der Waals surface area contributed by atoms with Gasteiger partial charge in [-0.05, 0) is 5.92 Å². The fourth-order valence-corrected chi connectivity index (χ4v) is 1.05. The maximum absolute atomic E-state index is 3.78. The predicted octanol–water partition coefficient (Wildman–Crippen LogP) is 7.77. The molecule has 24 heavy (non-hydrogen) atoms. The molecule has 135 valence electrons. The first kappa shape index (κ1) is 31.2. The number of hydrogen-bond acceptors (Lipinski definition) is 0. The molecule has 1 heteroatoms. The summed E-state index contributed by atoms with van der Waals surface area (Å²) in [6.45, 7) is 20.5. The summed E-state index contributed by atoms with van der Waals surface area (Å²) >= 11 is 0. The van der Waals surface area contributed by atoms with Crippen LogP contribution in [0.1, 0.15) is 66.0 Å². The zero-order chi connectivity index (χ0) is 18.5. The maximum atomic E-state index is 3.78. The second kappa shape index (κ2) is 27.3. The molecular formula is C23H38Y-2. The molecule has 1 radical (unpaired) electrons. The van der Waals surface area contributed by atoms with Crippen LogP contribution in [-0.2, 0) is 32.7 Å². The molecule has 0 aliphatic rings. The number of rotatable bonds is 1. The van der Waals surface area contributed by atoms with Gasteiger partial charge in [-0.3, -0.25) is 0 Å². The predicted molar refractivity (Wildman–Crippen MR) is 109 cm³/mol. The van der Waals surface area contributed by atoms with E-state index in [9.17, 15) is 0 Å². The Morgan fingerprint density at radius 3 is 1.54 bits per heavy atom. The van der Waals surface area contributed by atoms with Crippen molar-refractivity contribution in [2.75, 3.05) is 0 Å². The number of aryl methyl sites for hydroxylation is 1. The monoisotopic (exact) mass is 403 g/mol. The third-order valence-corrected chi connectivity index (χ3v) is 2.51. The van der Waals surface area contributed by atoms with E-state index < -0.39 is 0 Å². The van der Waals surface area contributed by atoms with Crippen LogP contribution in [0, 0.1) is 25.8 Å². The van der Waals surface area contributed by atoms with E-state index in [0.717, 1.165) is 11.5 Å². The van der Waals surface area contributed by atoms with Crippen LogP contribution >= 0.6 is 0 Å². The van der Waals surface area contributed by atoms with Crippen molar-refractivity contribution < 1.29 is 32.7 Å². The van der Waals surface area contributed by atoms with Gasteiger partial charge in [0.1, 0.15) is 0 Å². The molecule has 2 rings (SSSR count). The van der Waals surface area contributed by atoms with Crippen LogP contribution in [0.4, 0.5) is 0 Å². The van der Waals surface area contributed by atoms with Gasteiger partial charge >= 0.3 is 0 Å². The van der Waals surface area contributed by atoms with Crippen LogP contribution in [0.25, 0.3) is 0 Å². The topological polar surface area (TPSA) is 0 Å². The van der Waals surface area contributed by atoms with Crippen LogP contribution in [0.3, 0.4) is 0 Å². The van der Waals surface area contributed by atoms with Crippen molar-refractivity contribution in [2.24, 2.45) is 5.92 Å². The largest absolute Gasteiger partial charge is 0.199 e. The minimum absolute atomic E-state index is 0. The second-order valence-corrected chi connectivity index (χ2v) is 4.87. The van der Waals surface area contributed by atoms with E-state index in [1.165, 1.54) is 12.0 Å². The molecule has 0 saturated heterocycles. The molecular weight excluding hydrogens is 365 g/mol. The van der Waals surface area contributed by atoms with Gasteiger partial charge in [-0.1, -0.05) is 67.9 Å². The molecule has 0 aliphatic carbocycles. The second-order valence-electron chi connectivity index (χ2n) is 4.87. The molecule has 0 nitrogen and oxygen atoms in total. The average molecular weight is 403 g/mol. The molecule has 0 fully saturated rings. The van der Waals surface area contributed by atoms with E-state index in [1.54, 1.807) is 0 Å². The molecule has 0 saturated carbocycles. The van der Waals surface area contributed by atoms with Gasteiger partial charge in [-0.15, -0.1) is 11.6 Å². The molecule has 0 spiro atoms. The van der Waals surface area contributed by atoms with Crippen molar-refractivity contribution in [2.45, 2.75) is 61.8 Å². The fourth-order valence-electron chi connectivity index (χ4n) is 1.05. The SMILES string of the molecule is CC.CC.CCC(C)C.[CH2-]c1cccc(C)c1.[Y].[c-]1ccccc1. The zero-order valence-electron chi connectivity index (χ0n) is 17.3. The molecule has 0 bridgehead atoms. The summed E-state index contributed by atoms with van der Waals surface area (Å²) in [6, 6.07) is 20.6. The Kier molecular flexibility index (Phi) is 35.5. The van der Waals surface area contributed by atoms with Gasteiger partial charge in [0, 0.05) is 32.7 Å². The molecule has 0 heterocycles. The normalized spacial score (nSPS) is 7.54. The van der Waals surface area contributed by atoms with Crippen molar-refractivity contribution in [3.63, 3.8) is 0 Å². The van der Waals surface area contributed by atoms with Gasteiger partial charge in [-0.2, -0.15) is 61.0 Å². The van der Waals surface area contributed by atoms with Crippen molar-refractivity contribution in [1.82, 2.24) is 0 Å². The van der Waals surface area contributed by atoms with Crippen molar-refractivity contribution >= 4 is 0 Å². The van der Waals surface area contributed by atoms with Gasteiger partial charge in [0.2, 0.25) is 0 Å². The van der Waals surface area contributed by atoms with Crippen molar-refractivity contribution in [3.05, 3.63) is 78.7 Å².